The van der Waals surface area contributed by atoms with Crippen molar-refractivity contribution in [1.29, 1.82) is 0 Å². The fourth-order valence-electron chi connectivity index (χ4n) is 2.70. The van der Waals surface area contributed by atoms with E-state index in [1.165, 1.54) is 6.34 Å². The number of rotatable bonds is 6. The van der Waals surface area contributed by atoms with Gasteiger partial charge in [0.05, 0.1) is 12.6 Å². The smallest absolute Gasteiger partial charge is 0.248 e. The molecule has 2 unspecified atom stereocenters. The Morgan fingerprint density at radius 1 is 1.26 bits per heavy atom. The SMILES string of the molecule is CCC(NC(=O)Cc1cc(F)cc(F)c1)C(=O)NC1=CC2C=NN=CN2N1. The third-order valence-corrected chi connectivity index (χ3v) is 3.98. The molecule has 10 heteroatoms. The van der Waals surface area contributed by atoms with Crippen LogP contribution in [0, 0.1) is 11.6 Å². The standard InChI is InChI=1S/C17H18F2N6O2/c1-2-14(22-16(26)5-10-3-11(18)6-12(19)4-10)17(27)23-15-7-13-8-20-21-9-25(13)24-15/h3-4,6-9,13-14,24H,2,5H2,1H3,(H,22,26)(H,23,27). The normalized spacial score (nSPS) is 18.4. The largest absolute Gasteiger partial charge is 0.344 e. The molecule has 2 heterocycles. The van der Waals surface area contributed by atoms with E-state index in [9.17, 15) is 18.4 Å². The van der Waals surface area contributed by atoms with Crippen LogP contribution in [-0.2, 0) is 16.0 Å². The molecule has 142 valence electrons. The van der Waals surface area contributed by atoms with Gasteiger partial charge in [0.1, 0.15) is 35.9 Å². The fourth-order valence-corrected chi connectivity index (χ4v) is 2.70. The molecule has 0 aliphatic carbocycles. The molecule has 0 saturated carbocycles. The predicted molar refractivity (Wildman–Crippen MR) is 94.3 cm³/mol. The van der Waals surface area contributed by atoms with E-state index in [1.807, 2.05) is 0 Å². The van der Waals surface area contributed by atoms with Crippen molar-refractivity contribution in [3.63, 3.8) is 0 Å². The number of carbonyl (C=O) groups excluding carboxylic acids is 2. The summed E-state index contributed by atoms with van der Waals surface area (Å²) < 4.78 is 26.4. The molecule has 2 aliphatic heterocycles. The van der Waals surface area contributed by atoms with Crippen LogP contribution in [0.1, 0.15) is 18.9 Å². The number of benzene rings is 1. The van der Waals surface area contributed by atoms with E-state index in [4.69, 9.17) is 0 Å². The Kier molecular flexibility index (Phi) is 5.43. The first-order valence-corrected chi connectivity index (χ1v) is 8.33. The van der Waals surface area contributed by atoms with E-state index in [0.29, 0.717) is 12.2 Å². The van der Waals surface area contributed by atoms with Gasteiger partial charge in [-0.3, -0.25) is 20.0 Å². The lowest BCUT2D eigenvalue weighted by molar-refractivity contribution is -0.128. The zero-order chi connectivity index (χ0) is 19.4. The lowest BCUT2D eigenvalue weighted by Crippen LogP contribution is -2.49. The molecule has 0 radical (unpaired) electrons. The number of amides is 2. The molecule has 1 aromatic carbocycles. The van der Waals surface area contributed by atoms with E-state index in [0.717, 1.165) is 18.2 Å². The summed E-state index contributed by atoms with van der Waals surface area (Å²) in [5.41, 5.74) is 3.12. The van der Waals surface area contributed by atoms with Gasteiger partial charge < -0.3 is 10.6 Å². The van der Waals surface area contributed by atoms with Gasteiger partial charge in [0.2, 0.25) is 11.8 Å². The highest BCUT2D eigenvalue weighted by Gasteiger charge is 2.26. The second kappa shape index (κ2) is 7.94. The van der Waals surface area contributed by atoms with Gasteiger partial charge in [-0.05, 0) is 30.2 Å². The van der Waals surface area contributed by atoms with Crippen LogP contribution < -0.4 is 16.1 Å². The summed E-state index contributed by atoms with van der Waals surface area (Å²) in [6.45, 7) is 1.74. The van der Waals surface area contributed by atoms with Crippen LogP contribution in [-0.4, -0.2) is 41.5 Å². The topological polar surface area (TPSA) is 98.2 Å². The molecule has 8 nitrogen and oxygen atoms in total. The number of hydrazine groups is 1. The number of fused-ring (bicyclic) bond motifs is 1. The molecular weight excluding hydrogens is 358 g/mol. The Balaban J connectivity index is 1.56. The van der Waals surface area contributed by atoms with Crippen LogP contribution in [0.5, 0.6) is 0 Å². The quantitative estimate of drug-likeness (QED) is 0.676. The van der Waals surface area contributed by atoms with Crippen molar-refractivity contribution in [2.24, 2.45) is 10.2 Å². The molecule has 2 aliphatic rings. The van der Waals surface area contributed by atoms with Crippen molar-refractivity contribution < 1.29 is 18.4 Å². The minimum absolute atomic E-state index is 0.157. The van der Waals surface area contributed by atoms with Gasteiger partial charge in [-0.1, -0.05) is 6.92 Å². The van der Waals surface area contributed by atoms with Gasteiger partial charge in [-0.15, -0.1) is 5.10 Å². The highest BCUT2D eigenvalue weighted by atomic mass is 19.1. The number of hydrogen-bond acceptors (Lipinski definition) is 6. The number of halogens is 2. The summed E-state index contributed by atoms with van der Waals surface area (Å²) in [5.74, 6) is -1.99. The van der Waals surface area contributed by atoms with Gasteiger partial charge in [0.15, 0.2) is 0 Å². The Morgan fingerprint density at radius 3 is 2.67 bits per heavy atom. The maximum absolute atomic E-state index is 13.2. The van der Waals surface area contributed by atoms with E-state index in [-0.39, 0.29) is 18.0 Å². The zero-order valence-electron chi connectivity index (χ0n) is 14.4. The summed E-state index contributed by atoms with van der Waals surface area (Å²) in [7, 11) is 0. The molecule has 27 heavy (non-hydrogen) atoms. The number of carbonyl (C=O) groups is 2. The van der Waals surface area contributed by atoms with Crippen molar-refractivity contribution in [1.82, 2.24) is 21.1 Å². The van der Waals surface area contributed by atoms with Gasteiger partial charge in [0, 0.05) is 6.07 Å². The molecule has 3 N–H and O–H groups in total. The molecule has 1 aromatic rings. The van der Waals surface area contributed by atoms with Crippen LogP contribution in [0.25, 0.3) is 0 Å². The molecule has 2 amide bonds. The third-order valence-electron chi connectivity index (χ3n) is 3.98. The molecular formula is C17H18F2N6O2. The van der Waals surface area contributed by atoms with E-state index in [2.05, 4.69) is 26.3 Å². The third kappa shape index (κ3) is 4.66. The fraction of sp³-hybridized carbons (Fsp3) is 0.294. The second-order valence-electron chi connectivity index (χ2n) is 6.06. The zero-order valence-corrected chi connectivity index (χ0v) is 14.4. The molecule has 2 atom stereocenters. The van der Waals surface area contributed by atoms with Crippen molar-refractivity contribution in [3.8, 4) is 0 Å². The van der Waals surface area contributed by atoms with Crippen molar-refractivity contribution in [2.45, 2.75) is 31.8 Å². The predicted octanol–water partition coefficient (Wildman–Crippen LogP) is 0.576. The Hall–Kier alpha value is -3.30. The Labute approximate surface area is 154 Å². The minimum atomic E-state index is -0.793. The highest BCUT2D eigenvalue weighted by Crippen LogP contribution is 2.10. The van der Waals surface area contributed by atoms with Crippen molar-refractivity contribution >= 4 is 24.4 Å². The van der Waals surface area contributed by atoms with Gasteiger partial charge in [0.25, 0.3) is 0 Å². The maximum Gasteiger partial charge on any atom is 0.248 e. The highest BCUT2D eigenvalue weighted by molar-refractivity contribution is 5.89. The van der Waals surface area contributed by atoms with Crippen molar-refractivity contribution in [3.05, 3.63) is 47.3 Å². The maximum atomic E-state index is 13.2. The van der Waals surface area contributed by atoms with Crippen LogP contribution in [0.2, 0.25) is 0 Å². The van der Waals surface area contributed by atoms with Crippen LogP contribution >= 0.6 is 0 Å². The average molecular weight is 376 g/mol. The van der Waals surface area contributed by atoms with Crippen LogP contribution in [0.3, 0.4) is 0 Å². The van der Waals surface area contributed by atoms with Gasteiger partial charge >= 0.3 is 0 Å². The number of hydrogen-bond donors (Lipinski definition) is 3. The first kappa shape index (κ1) is 18.5. The summed E-state index contributed by atoms with van der Waals surface area (Å²) in [6.07, 6.45) is 4.94. The molecule has 0 spiro atoms. The summed E-state index contributed by atoms with van der Waals surface area (Å²) in [5, 5.41) is 14.4. The van der Waals surface area contributed by atoms with Crippen LogP contribution in [0.4, 0.5) is 8.78 Å². The Bertz CT molecular complexity index is 818. The van der Waals surface area contributed by atoms with Crippen molar-refractivity contribution in [2.75, 3.05) is 0 Å². The first-order chi connectivity index (χ1) is 12.9. The van der Waals surface area contributed by atoms with E-state index in [1.54, 1.807) is 24.2 Å². The Morgan fingerprint density at radius 2 is 2.00 bits per heavy atom. The number of nitrogens with one attached hydrogen (secondary N) is 3. The van der Waals surface area contributed by atoms with Gasteiger partial charge in [-0.25, -0.2) is 8.78 Å². The molecule has 0 fully saturated rings. The lowest BCUT2D eigenvalue weighted by Gasteiger charge is -2.21. The summed E-state index contributed by atoms with van der Waals surface area (Å²) in [4.78, 5) is 24.6. The molecule has 0 aromatic heterocycles. The minimum Gasteiger partial charge on any atom is -0.344 e. The average Bonchev–Trinajstić information content (AvgIpc) is 3.00. The molecule has 0 saturated heterocycles. The summed E-state index contributed by atoms with van der Waals surface area (Å²) in [6, 6.07) is 1.94. The van der Waals surface area contributed by atoms with E-state index < -0.39 is 29.5 Å². The summed E-state index contributed by atoms with van der Waals surface area (Å²) >= 11 is 0. The molecule has 3 rings (SSSR count). The van der Waals surface area contributed by atoms with Crippen LogP contribution in [0.15, 0.2) is 40.3 Å². The van der Waals surface area contributed by atoms with Gasteiger partial charge in [-0.2, -0.15) is 5.10 Å². The number of nitrogens with zero attached hydrogens (tertiary/aromatic N) is 3. The second-order valence-corrected chi connectivity index (χ2v) is 6.06. The lowest BCUT2D eigenvalue weighted by atomic mass is 10.1. The monoisotopic (exact) mass is 376 g/mol. The molecule has 0 bridgehead atoms. The van der Waals surface area contributed by atoms with E-state index >= 15 is 0 Å². The first-order valence-electron chi connectivity index (χ1n) is 8.33.